The highest BCUT2D eigenvalue weighted by Gasteiger charge is 2.27. The molecule has 0 saturated carbocycles. The molecule has 0 fully saturated rings. The van der Waals surface area contributed by atoms with Crippen LogP contribution in [0.2, 0.25) is 0 Å². The van der Waals surface area contributed by atoms with Gasteiger partial charge in [-0.3, -0.25) is 0 Å². The van der Waals surface area contributed by atoms with Crippen LogP contribution in [0, 0.1) is 0 Å². The molecule has 1 aromatic carbocycles. The van der Waals surface area contributed by atoms with E-state index in [1.165, 1.54) is 7.11 Å². The lowest BCUT2D eigenvalue weighted by atomic mass is 10.1. The SMILES string of the molecule is COc1ccc(C(O)COCC(F)(F)F)cc1. The van der Waals surface area contributed by atoms with Crippen molar-refractivity contribution in [1.82, 2.24) is 0 Å². The minimum Gasteiger partial charge on any atom is -0.497 e. The molecule has 1 unspecified atom stereocenters. The van der Waals surface area contributed by atoms with Gasteiger partial charge in [-0.1, -0.05) is 12.1 Å². The van der Waals surface area contributed by atoms with Crippen LogP contribution in [0.25, 0.3) is 0 Å². The molecule has 0 spiro atoms. The third kappa shape index (κ3) is 5.06. The first-order chi connectivity index (χ1) is 7.92. The van der Waals surface area contributed by atoms with Crippen LogP contribution >= 0.6 is 0 Å². The van der Waals surface area contributed by atoms with Crippen molar-refractivity contribution < 1.29 is 27.8 Å². The number of alkyl halides is 3. The average Bonchev–Trinajstić information content (AvgIpc) is 2.27. The third-order valence-electron chi connectivity index (χ3n) is 2.04. The summed E-state index contributed by atoms with van der Waals surface area (Å²) in [5.74, 6) is 0.608. The Balaban J connectivity index is 2.43. The van der Waals surface area contributed by atoms with E-state index in [-0.39, 0.29) is 0 Å². The van der Waals surface area contributed by atoms with Gasteiger partial charge in [-0.15, -0.1) is 0 Å². The van der Waals surface area contributed by atoms with E-state index < -0.39 is 25.5 Å². The molecule has 96 valence electrons. The van der Waals surface area contributed by atoms with Gasteiger partial charge in [0, 0.05) is 0 Å². The summed E-state index contributed by atoms with van der Waals surface area (Å²) in [7, 11) is 1.50. The number of rotatable bonds is 5. The predicted octanol–water partition coefficient (Wildman–Crippen LogP) is 2.31. The lowest BCUT2D eigenvalue weighted by Gasteiger charge is -2.13. The fraction of sp³-hybridized carbons (Fsp3) is 0.455. The smallest absolute Gasteiger partial charge is 0.411 e. The van der Waals surface area contributed by atoms with Crippen molar-refractivity contribution in [2.45, 2.75) is 12.3 Å². The van der Waals surface area contributed by atoms with Gasteiger partial charge in [0.15, 0.2) is 0 Å². The maximum atomic E-state index is 11.8. The molecule has 6 heteroatoms. The molecule has 1 rings (SSSR count). The number of benzene rings is 1. The topological polar surface area (TPSA) is 38.7 Å². The van der Waals surface area contributed by atoms with E-state index >= 15 is 0 Å². The highest BCUT2D eigenvalue weighted by Crippen LogP contribution is 2.19. The number of aliphatic hydroxyl groups is 1. The van der Waals surface area contributed by atoms with Crippen LogP contribution in [0.4, 0.5) is 13.2 Å². The molecule has 0 saturated heterocycles. The predicted molar refractivity (Wildman–Crippen MR) is 54.8 cm³/mol. The van der Waals surface area contributed by atoms with Gasteiger partial charge < -0.3 is 14.6 Å². The van der Waals surface area contributed by atoms with Gasteiger partial charge in [0.05, 0.1) is 13.7 Å². The maximum absolute atomic E-state index is 11.8. The van der Waals surface area contributed by atoms with Crippen molar-refractivity contribution >= 4 is 0 Å². The van der Waals surface area contributed by atoms with E-state index in [2.05, 4.69) is 4.74 Å². The number of aliphatic hydroxyl groups excluding tert-OH is 1. The molecule has 0 aromatic heterocycles. The number of methoxy groups -OCH3 is 1. The van der Waals surface area contributed by atoms with Crippen molar-refractivity contribution in [1.29, 1.82) is 0 Å². The summed E-state index contributed by atoms with van der Waals surface area (Å²) in [6.07, 6.45) is -5.46. The minimum atomic E-state index is -4.38. The molecule has 0 amide bonds. The van der Waals surface area contributed by atoms with Gasteiger partial charge in [-0.25, -0.2) is 0 Å². The molecule has 0 radical (unpaired) electrons. The number of halogens is 3. The Morgan fingerprint density at radius 1 is 1.24 bits per heavy atom. The van der Waals surface area contributed by atoms with E-state index in [0.29, 0.717) is 11.3 Å². The standard InChI is InChI=1S/C11H13F3O3/c1-16-9-4-2-8(3-5-9)10(15)6-17-7-11(12,13)14/h2-5,10,15H,6-7H2,1H3. The summed E-state index contributed by atoms with van der Waals surface area (Å²) in [5.41, 5.74) is 0.480. The molecular weight excluding hydrogens is 237 g/mol. The molecule has 1 N–H and O–H groups in total. The first-order valence-electron chi connectivity index (χ1n) is 4.89. The van der Waals surface area contributed by atoms with Crippen LogP contribution in [0.15, 0.2) is 24.3 Å². The fourth-order valence-corrected chi connectivity index (χ4v) is 1.21. The van der Waals surface area contributed by atoms with Gasteiger partial charge in [0.25, 0.3) is 0 Å². The highest BCUT2D eigenvalue weighted by atomic mass is 19.4. The van der Waals surface area contributed by atoms with Crippen LogP contribution in [0.1, 0.15) is 11.7 Å². The van der Waals surface area contributed by atoms with Crippen LogP contribution in [0.3, 0.4) is 0 Å². The van der Waals surface area contributed by atoms with E-state index in [1.807, 2.05) is 0 Å². The van der Waals surface area contributed by atoms with Crippen molar-refractivity contribution in [3.63, 3.8) is 0 Å². The van der Waals surface area contributed by atoms with E-state index in [4.69, 9.17) is 4.74 Å². The maximum Gasteiger partial charge on any atom is 0.411 e. The molecule has 3 nitrogen and oxygen atoms in total. The van der Waals surface area contributed by atoms with Gasteiger partial charge in [0.1, 0.15) is 18.5 Å². The Labute approximate surface area is 96.8 Å². The second-order valence-corrected chi connectivity index (χ2v) is 3.42. The Morgan fingerprint density at radius 3 is 2.29 bits per heavy atom. The summed E-state index contributed by atoms with van der Waals surface area (Å²) >= 11 is 0. The molecule has 1 atom stereocenters. The van der Waals surface area contributed by atoms with Crippen LogP contribution in [0.5, 0.6) is 5.75 Å². The van der Waals surface area contributed by atoms with Crippen molar-refractivity contribution in [3.8, 4) is 5.75 Å². The summed E-state index contributed by atoms with van der Waals surface area (Å²) in [6, 6.07) is 6.37. The molecule has 0 aliphatic rings. The Bertz CT molecular complexity index is 335. The lowest BCUT2D eigenvalue weighted by Crippen LogP contribution is -2.19. The number of hydrogen-bond donors (Lipinski definition) is 1. The molecule has 0 bridgehead atoms. The minimum absolute atomic E-state index is 0.397. The van der Waals surface area contributed by atoms with Crippen molar-refractivity contribution in [2.24, 2.45) is 0 Å². The van der Waals surface area contributed by atoms with Gasteiger partial charge in [-0.2, -0.15) is 13.2 Å². The van der Waals surface area contributed by atoms with E-state index in [9.17, 15) is 18.3 Å². The first-order valence-corrected chi connectivity index (χ1v) is 4.89. The average molecular weight is 250 g/mol. The van der Waals surface area contributed by atoms with Gasteiger partial charge >= 0.3 is 6.18 Å². The second-order valence-electron chi connectivity index (χ2n) is 3.42. The first kappa shape index (κ1) is 13.8. The molecule has 0 heterocycles. The van der Waals surface area contributed by atoms with Crippen LogP contribution < -0.4 is 4.74 Å². The number of hydrogen-bond acceptors (Lipinski definition) is 3. The quantitative estimate of drug-likeness (QED) is 0.871. The second kappa shape index (κ2) is 5.88. The van der Waals surface area contributed by atoms with Crippen LogP contribution in [-0.4, -0.2) is 31.6 Å². The molecule has 0 aliphatic heterocycles. The summed E-state index contributed by atoms with van der Waals surface area (Å²) in [4.78, 5) is 0. The zero-order valence-corrected chi connectivity index (χ0v) is 9.20. The third-order valence-corrected chi connectivity index (χ3v) is 2.04. The highest BCUT2D eigenvalue weighted by molar-refractivity contribution is 5.28. The fourth-order valence-electron chi connectivity index (χ4n) is 1.21. The Hall–Kier alpha value is -1.27. The Morgan fingerprint density at radius 2 is 1.82 bits per heavy atom. The Kier molecular flexibility index (Phi) is 4.77. The zero-order valence-electron chi connectivity index (χ0n) is 9.20. The van der Waals surface area contributed by atoms with Crippen molar-refractivity contribution in [2.75, 3.05) is 20.3 Å². The molecule has 1 aromatic rings. The molecular formula is C11H13F3O3. The summed E-state index contributed by atoms with van der Waals surface area (Å²) in [6.45, 7) is -1.76. The van der Waals surface area contributed by atoms with Gasteiger partial charge in [-0.05, 0) is 17.7 Å². The zero-order chi connectivity index (χ0) is 12.9. The lowest BCUT2D eigenvalue weighted by molar-refractivity contribution is -0.179. The monoisotopic (exact) mass is 250 g/mol. The summed E-state index contributed by atoms with van der Waals surface area (Å²) < 4.78 is 44.6. The largest absolute Gasteiger partial charge is 0.497 e. The normalized spacial score (nSPS) is 13.5. The summed E-state index contributed by atoms with van der Waals surface area (Å²) in [5, 5.41) is 9.55. The van der Waals surface area contributed by atoms with E-state index in [0.717, 1.165) is 0 Å². The molecule has 0 aliphatic carbocycles. The number of ether oxygens (including phenoxy) is 2. The van der Waals surface area contributed by atoms with Crippen LogP contribution in [-0.2, 0) is 4.74 Å². The molecule has 17 heavy (non-hydrogen) atoms. The van der Waals surface area contributed by atoms with Gasteiger partial charge in [0.2, 0.25) is 0 Å². The van der Waals surface area contributed by atoms with E-state index in [1.54, 1.807) is 24.3 Å². The van der Waals surface area contributed by atoms with Crippen molar-refractivity contribution in [3.05, 3.63) is 29.8 Å².